The molecule has 5 nitrogen and oxygen atoms in total. The van der Waals surface area contributed by atoms with E-state index in [0.717, 1.165) is 36.0 Å². The largest absolute Gasteiger partial charge is 0.348 e. The number of sulfonamides is 1. The van der Waals surface area contributed by atoms with E-state index in [9.17, 15) is 13.2 Å². The lowest BCUT2D eigenvalue weighted by atomic mass is 9.73. The number of amides is 1. The molecule has 2 N–H and O–H groups in total. The van der Waals surface area contributed by atoms with Gasteiger partial charge in [-0.15, -0.1) is 0 Å². The average molecular weight is 577 g/mol. The first-order valence-corrected chi connectivity index (χ1v) is 15.8. The summed E-state index contributed by atoms with van der Waals surface area (Å²) in [5.41, 5.74) is 3.67. The predicted octanol–water partition coefficient (Wildman–Crippen LogP) is 6.86. The van der Waals surface area contributed by atoms with Gasteiger partial charge in [-0.2, -0.15) is 4.72 Å². The van der Waals surface area contributed by atoms with E-state index in [1.54, 1.807) is 24.3 Å². The number of hydrogen-bond donors (Lipinski definition) is 2. The second-order valence-corrected chi connectivity index (χ2v) is 12.4. The van der Waals surface area contributed by atoms with Gasteiger partial charge in [-0.25, -0.2) is 8.42 Å². The Bertz CT molecular complexity index is 1650. The third-order valence-corrected chi connectivity index (χ3v) is 9.28. The maximum atomic E-state index is 13.8. The fourth-order valence-corrected chi connectivity index (χ4v) is 6.82. The van der Waals surface area contributed by atoms with Crippen molar-refractivity contribution < 1.29 is 13.2 Å². The molecule has 6 heteroatoms. The summed E-state index contributed by atoms with van der Waals surface area (Å²) in [5.74, 6) is -0.240. The Morgan fingerprint density at radius 3 is 2.14 bits per heavy atom. The summed E-state index contributed by atoms with van der Waals surface area (Å²) in [6.07, 6.45) is 10.6. The Labute approximate surface area is 249 Å². The zero-order chi connectivity index (χ0) is 29.4. The molecule has 0 heterocycles. The highest BCUT2D eigenvalue weighted by molar-refractivity contribution is 7.89. The number of nitrogens with one attached hydrogen (secondary N) is 2. The molecule has 0 aliphatic heterocycles. The summed E-state index contributed by atoms with van der Waals surface area (Å²) in [7, 11) is -3.85. The topological polar surface area (TPSA) is 75.3 Å². The van der Waals surface area contributed by atoms with Crippen LogP contribution in [-0.2, 0) is 28.5 Å². The Kier molecular flexibility index (Phi) is 9.15. The quantitative estimate of drug-likeness (QED) is 0.205. The van der Waals surface area contributed by atoms with Crippen molar-refractivity contribution in [2.75, 3.05) is 0 Å². The number of allylic oxidation sites excluding steroid dienone is 2. The van der Waals surface area contributed by atoms with Crippen molar-refractivity contribution in [2.24, 2.45) is 5.92 Å². The number of rotatable bonds is 11. The standard InChI is InChI=1S/C36H36N2O3S/c1-28-18-24-34(25-19-28)42(40,41)38-36(26-9-8-16-32(36)17-10-13-29-11-4-2-5-12-29)33-22-20-30(21-23-33)27-37-35(39)31-14-6-3-7-15-31/h2-9,11-12,14-16,18-26,32,38H,10,13,17,27H2,1H3,(H,37,39). The third kappa shape index (κ3) is 6.96. The van der Waals surface area contributed by atoms with E-state index in [0.29, 0.717) is 12.1 Å². The highest BCUT2D eigenvalue weighted by Crippen LogP contribution is 2.39. The Balaban J connectivity index is 1.41. The van der Waals surface area contributed by atoms with Gasteiger partial charge in [-0.3, -0.25) is 4.79 Å². The van der Waals surface area contributed by atoms with Crippen LogP contribution in [0.2, 0.25) is 0 Å². The van der Waals surface area contributed by atoms with Gasteiger partial charge < -0.3 is 5.32 Å². The third-order valence-electron chi connectivity index (χ3n) is 7.78. The Morgan fingerprint density at radius 1 is 0.786 bits per heavy atom. The highest BCUT2D eigenvalue weighted by Gasteiger charge is 2.41. The number of carbonyl (C=O) groups is 1. The molecule has 5 rings (SSSR count). The molecule has 0 radical (unpaired) electrons. The van der Waals surface area contributed by atoms with Crippen LogP contribution in [0, 0.1) is 12.8 Å². The molecule has 42 heavy (non-hydrogen) atoms. The van der Waals surface area contributed by atoms with E-state index < -0.39 is 15.6 Å². The van der Waals surface area contributed by atoms with E-state index in [-0.39, 0.29) is 16.7 Å². The maximum absolute atomic E-state index is 13.8. The molecule has 1 amide bonds. The minimum absolute atomic E-state index is 0.102. The van der Waals surface area contributed by atoms with Crippen LogP contribution >= 0.6 is 0 Å². The maximum Gasteiger partial charge on any atom is 0.251 e. The van der Waals surface area contributed by atoms with Crippen LogP contribution < -0.4 is 10.0 Å². The van der Waals surface area contributed by atoms with Crippen LogP contribution in [-0.4, -0.2) is 14.3 Å². The second kappa shape index (κ2) is 13.1. The number of hydrogen-bond acceptors (Lipinski definition) is 3. The van der Waals surface area contributed by atoms with E-state index in [1.807, 2.05) is 97.9 Å². The summed E-state index contributed by atoms with van der Waals surface area (Å²) >= 11 is 0. The minimum Gasteiger partial charge on any atom is -0.348 e. The molecule has 214 valence electrons. The van der Waals surface area contributed by atoms with E-state index in [2.05, 4.69) is 28.2 Å². The van der Waals surface area contributed by atoms with Crippen LogP contribution in [0.5, 0.6) is 0 Å². The Hall–Kier alpha value is -4.26. The monoisotopic (exact) mass is 576 g/mol. The lowest BCUT2D eigenvalue weighted by molar-refractivity contribution is 0.0951. The molecule has 2 atom stereocenters. The molecular formula is C36H36N2O3S. The summed E-state index contributed by atoms with van der Waals surface area (Å²) in [6.45, 7) is 2.30. The van der Waals surface area contributed by atoms with E-state index in [1.165, 1.54) is 5.56 Å². The molecule has 2 unspecified atom stereocenters. The molecular weight excluding hydrogens is 540 g/mol. The SMILES string of the molecule is Cc1ccc(S(=O)(=O)NC2(c3ccc(CNC(=O)c4ccccc4)cc3)C=CC=CC2CCCc2ccccc2)cc1. The molecule has 0 bridgehead atoms. The van der Waals surface area contributed by atoms with Crippen molar-refractivity contribution in [3.8, 4) is 0 Å². The summed E-state index contributed by atoms with van der Waals surface area (Å²) in [5, 5.41) is 2.96. The fourth-order valence-electron chi connectivity index (χ4n) is 5.43. The van der Waals surface area contributed by atoms with Crippen LogP contribution in [0.15, 0.2) is 138 Å². The van der Waals surface area contributed by atoms with Gasteiger partial charge in [0.15, 0.2) is 0 Å². The number of benzene rings is 4. The van der Waals surface area contributed by atoms with Crippen LogP contribution in [0.25, 0.3) is 0 Å². The summed E-state index contributed by atoms with van der Waals surface area (Å²) in [4.78, 5) is 12.8. The van der Waals surface area contributed by atoms with Gasteiger partial charge in [0.1, 0.15) is 0 Å². The smallest absolute Gasteiger partial charge is 0.251 e. The second-order valence-electron chi connectivity index (χ2n) is 10.8. The predicted molar refractivity (Wildman–Crippen MR) is 168 cm³/mol. The fraction of sp³-hybridized carbons (Fsp3) is 0.194. The van der Waals surface area contributed by atoms with Gasteiger partial charge in [0.25, 0.3) is 5.91 Å². The van der Waals surface area contributed by atoms with E-state index in [4.69, 9.17) is 0 Å². The van der Waals surface area contributed by atoms with Gasteiger partial charge in [-0.05, 0) is 67.1 Å². The van der Waals surface area contributed by atoms with Gasteiger partial charge >= 0.3 is 0 Å². The van der Waals surface area contributed by atoms with Crippen molar-refractivity contribution in [3.05, 3.63) is 161 Å². The highest BCUT2D eigenvalue weighted by atomic mass is 32.2. The molecule has 0 aromatic heterocycles. The van der Waals surface area contributed by atoms with Crippen molar-refractivity contribution >= 4 is 15.9 Å². The first kappa shape index (κ1) is 29.2. The van der Waals surface area contributed by atoms with Crippen LogP contribution in [0.4, 0.5) is 0 Å². The first-order chi connectivity index (χ1) is 20.4. The molecule has 4 aromatic carbocycles. The van der Waals surface area contributed by atoms with Gasteiger partial charge in [0.2, 0.25) is 10.0 Å². The minimum atomic E-state index is -3.85. The first-order valence-electron chi connectivity index (χ1n) is 14.3. The van der Waals surface area contributed by atoms with Crippen molar-refractivity contribution in [2.45, 2.75) is 43.2 Å². The molecule has 0 fully saturated rings. The van der Waals surface area contributed by atoms with Gasteiger partial charge in [0.05, 0.1) is 10.4 Å². The van der Waals surface area contributed by atoms with Gasteiger partial charge in [0, 0.05) is 18.0 Å². The number of aryl methyl sites for hydroxylation is 2. The lowest BCUT2D eigenvalue weighted by Crippen LogP contribution is -2.50. The molecule has 0 saturated heterocycles. The van der Waals surface area contributed by atoms with Crippen LogP contribution in [0.1, 0.15) is 45.5 Å². The van der Waals surface area contributed by atoms with Gasteiger partial charge in [-0.1, -0.05) is 115 Å². The number of carbonyl (C=O) groups excluding carboxylic acids is 1. The molecule has 0 spiro atoms. The average Bonchev–Trinajstić information content (AvgIpc) is 3.02. The summed E-state index contributed by atoms with van der Waals surface area (Å²) in [6, 6.07) is 34.2. The zero-order valence-corrected chi connectivity index (χ0v) is 24.6. The van der Waals surface area contributed by atoms with Crippen molar-refractivity contribution in [1.29, 1.82) is 0 Å². The zero-order valence-electron chi connectivity index (χ0n) is 23.7. The molecule has 1 aliphatic carbocycles. The Morgan fingerprint density at radius 2 is 1.45 bits per heavy atom. The van der Waals surface area contributed by atoms with Crippen molar-refractivity contribution in [3.63, 3.8) is 0 Å². The van der Waals surface area contributed by atoms with E-state index >= 15 is 0 Å². The van der Waals surface area contributed by atoms with Crippen molar-refractivity contribution in [1.82, 2.24) is 10.0 Å². The molecule has 1 aliphatic rings. The summed E-state index contributed by atoms with van der Waals surface area (Å²) < 4.78 is 30.7. The van der Waals surface area contributed by atoms with Crippen LogP contribution in [0.3, 0.4) is 0 Å². The normalized spacial score (nSPS) is 18.1. The molecule has 4 aromatic rings. The lowest BCUT2D eigenvalue weighted by Gasteiger charge is -2.40. The molecule has 0 saturated carbocycles.